The van der Waals surface area contributed by atoms with Crippen LogP contribution in [0.1, 0.15) is 99.3 Å². The molecule has 212 valence electrons. The minimum Gasteiger partial charge on any atom is -0.413 e. The van der Waals surface area contributed by atoms with Gasteiger partial charge in [-0.15, -0.1) is 0 Å². The molecule has 37 heavy (non-hydrogen) atoms. The maximum Gasteiger partial charge on any atom is 0.193 e. The zero-order valence-electron chi connectivity index (χ0n) is 25.9. The van der Waals surface area contributed by atoms with E-state index in [0.29, 0.717) is 23.7 Å². The van der Waals surface area contributed by atoms with Gasteiger partial charge in [-0.2, -0.15) is 0 Å². The van der Waals surface area contributed by atoms with Crippen LogP contribution in [0.15, 0.2) is 11.6 Å². The second kappa shape index (κ2) is 12.0. The van der Waals surface area contributed by atoms with Crippen LogP contribution in [0.4, 0.5) is 0 Å². The molecule has 0 aliphatic heterocycles. The van der Waals surface area contributed by atoms with Crippen molar-refractivity contribution in [3.05, 3.63) is 11.6 Å². The van der Waals surface area contributed by atoms with Crippen LogP contribution in [-0.2, 0) is 8.85 Å². The molecule has 0 heterocycles. The molecule has 0 radical (unpaired) electrons. The molecular weight excluding hydrogens is 489 g/mol. The molecule has 1 N–H and O–H groups in total. The molecule has 3 fully saturated rings. The van der Waals surface area contributed by atoms with E-state index < -0.39 is 16.6 Å². The number of aliphatic hydroxyl groups excluding tert-OH is 1. The molecule has 5 heteroatoms. The molecule has 0 spiro atoms. The Balaban J connectivity index is 1.89. The molecule has 5 atom stereocenters. The Morgan fingerprint density at radius 1 is 0.946 bits per heavy atom. The van der Waals surface area contributed by atoms with Crippen molar-refractivity contribution in [2.75, 3.05) is 6.61 Å². The number of hydrogen-bond donors (Lipinski definition) is 1. The minimum absolute atomic E-state index is 0.0666. The van der Waals surface area contributed by atoms with Crippen molar-refractivity contribution in [3.63, 3.8) is 0 Å². The Morgan fingerprint density at radius 2 is 1.57 bits per heavy atom. The molecule has 3 aliphatic rings. The smallest absolute Gasteiger partial charge is 0.193 e. The summed E-state index contributed by atoms with van der Waals surface area (Å²) in [4.78, 5) is 0. The fraction of sp³-hybridized carbons (Fsp3) is 0.875. The van der Waals surface area contributed by atoms with Crippen molar-refractivity contribution < 1.29 is 14.0 Å². The van der Waals surface area contributed by atoms with Crippen LogP contribution in [0, 0.1) is 35.5 Å². The van der Waals surface area contributed by atoms with Gasteiger partial charge in [-0.1, -0.05) is 77.9 Å². The Bertz CT molecular complexity index is 846. The van der Waals surface area contributed by atoms with E-state index in [2.05, 4.69) is 85.6 Å². The summed E-state index contributed by atoms with van der Waals surface area (Å²) in [6.07, 6.45) is 13.2. The first kappa shape index (κ1) is 31.1. The number of rotatable bonds is 8. The highest BCUT2D eigenvalue weighted by molar-refractivity contribution is 6.74. The molecular formula is C32H58O3Si2. The number of unbranched alkanes of at least 4 members (excludes halogenated alkanes) is 1. The maximum absolute atomic E-state index is 9.23. The first-order valence-corrected chi connectivity index (χ1v) is 21.1. The van der Waals surface area contributed by atoms with Gasteiger partial charge in [0.2, 0.25) is 0 Å². The lowest BCUT2D eigenvalue weighted by Gasteiger charge is -2.52. The number of fused-ring (bicyclic) bond motifs is 1. The first-order valence-electron chi connectivity index (χ1n) is 15.2. The van der Waals surface area contributed by atoms with Crippen LogP contribution in [0.25, 0.3) is 0 Å². The lowest BCUT2D eigenvalue weighted by atomic mass is 9.57. The van der Waals surface area contributed by atoms with Crippen molar-refractivity contribution in [3.8, 4) is 11.8 Å². The van der Waals surface area contributed by atoms with Crippen LogP contribution in [0.3, 0.4) is 0 Å². The van der Waals surface area contributed by atoms with Crippen molar-refractivity contribution in [2.24, 2.45) is 23.7 Å². The largest absolute Gasteiger partial charge is 0.413 e. The summed E-state index contributed by atoms with van der Waals surface area (Å²) in [5.74, 6) is 9.85. The van der Waals surface area contributed by atoms with Crippen LogP contribution < -0.4 is 0 Å². The predicted molar refractivity (Wildman–Crippen MR) is 163 cm³/mol. The molecule has 0 bridgehead atoms. The lowest BCUT2D eigenvalue weighted by molar-refractivity contribution is 0.0210. The van der Waals surface area contributed by atoms with E-state index in [4.69, 9.17) is 8.85 Å². The standard InChI is InChI=1S/C32H58O3Si2/c1-31(2,3)36(7,8)34-29(24-15-11-12-16-24)20-19-27-28-23-25(17-13-14-22-33)26(28)18-21-30(27)35-37(9,10)32(4,5)6/h17,24,26-30,33H,11-16,18,21-23H2,1-10H3/b25-17-/t26-,27?,28+,29?,30-/m1/s1. The molecule has 0 aromatic carbocycles. The number of hydrogen-bond acceptors (Lipinski definition) is 3. The quantitative estimate of drug-likeness (QED) is 0.143. The summed E-state index contributed by atoms with van der Waals surface area (Å²) >= 11 is 0. The van der Waals surface area contributed by atoms with E-state index >= 15 is 0 Å². The fourth-order valence-electron chi connectivity index (χ4n) is 5.93. The lowest BCUT2D eigenvalue weighted by Crippen LogP contribution is -2.51. The summed E-state index contributed by atoms with van der Waals surface area (Å²) in [6, 6.07) is 0. The van der Waals surface area contributed by atoms with Gasteiger partial charge in [-0.05, 0) is 99.0 Å². The second-order valence-electron chi connectivity index (χ2n) is 15.3. The second-order valence-corrected chi connectivity index (χ2v) is 24.8. The molecule has 3 saturated carbocycles. The fourth-order valence-corrected chi connectivity index (χ4v) is 8.55. The molecule has 0 aromatic rings. The third kappa shape index (κ3) is 7.43. The number of allylic oxidation sites excluding steroid dienone is 2. The molecule has 3 aliphatic carbocycles. The monoisotopic (exact) mass is 546 g/mol. The molecule has 0 aromatic heterocycles. The Labute approximate surface area is 231 Å². The number of aliphatic hydroxyl groups is 1. The SMILES string of the molecule is CC(C)(C)[Si](C)(C)OC(C#CC1[C@H]2C/C(=C/CCCO)[C@H]2CC[C@H]1O[Si](C)(C)C(C)(C)C)C1CCCC1. The van der Waals surface area contributed by atoms with Gasteiger partial charge in [-0.3, -0.25) is 0 Å². The van der Waals surface area contributed by atoms with Crippen LogP contribution in [0.5, 0.6) is 0 Å². The van der Waals surface area contributed by atoms with Crippen molar-refractivity contribution in [2.45, 2.75) is 148 Å². The summed E-state index contributed by atoms with van der Waals surface area (Å²) < 4.78 is 14.1. The van der Waals surface area contributed by atoms with E-state index in [0.717, 1.165) is 25.7 Å². The van der Waals surface area contributed by atoms with Gasteiger partial charge in [0, 0.05) is 12.5 Å². The van der Waals surface area contributed by atoms with E-state index in [-0.39, 0.29) is 28.9 Å². The first-order chi connectivity index (χ1) is 17.1. The maximum atomic E-state index is 9.23. The van der Waals surface area contributed by atoms with E-state index in [1.54, 1.807) is 5.57 Å². The van der Waals surface area contributed by atoms with E-state index in [1.165, 1.54) is 32.1 Å². The average Bonchev–Trinajstić information content (AvgIpc) is 3.28. The van der Waals surface area contributed by atoms with E-state index in [9.17, 15) is 5.11 Å². The van der Waals surface area contributed by atoms with Gasteiger partial charge >= 0.3 is 0 Å². The molecule has 0 saturated heterocycles. The summed E-state index contributed by atoms with van der Waals surface area (Å²) in [7, 11) is -3.79. The third-order valence-electron chi connectivity index (χ3n) is 10.6. The topological polar surface area (TPSA) is 38.7 Å². The van der Waals surface area contributed by atoms with Gasteiger partial charge in [0.1, 0.15) is 6.10 Å². The third-order valence-corrected chi connectivity index (χ3v) is 19.5. The van der Waals surface area contributed by atoms with Crippen LogP contribution in [-0.4, -0.2) is 40.6 Å². The van der Waals surface area contributed by atoms with E-state index in [1.807, 2.05) is 0 Å². The van der Waals surface area contributed by atoms with Crippen LogP contribution >= 0.6 is 0 Å². The summed E-state index contributed by atoms with van der Waals surface area (Å²) in [6.45, 7) is 23.9. The van der Waals surface area contributed by atoms with Gasteiger partial charge in [0.15, 0.2) is 16.6 Å². The normalized spacial score (nSPS) is 29.4. The average molecular weight is 547 g/mol. The summed E-state index contributed by atoms with van der Waals surface area (Å²) in [5, 5.41) is 9.62. The molecule has 3 rings (SSSR count). The Kier molecular flexibility index (Phi) is 10.1. The minimum atomic E-state index is -1.90. The zero-order valence-corrected chi connectivity index (χ0v) is 27.9. The van der Waals surface area contributed by atoms with Crippen molar-refractivity contribution >= 4 is 16.6 Å². The van der Waals surface area contributed by atoms with Gasteiger partial charge in [0.25, 0.3) is 0 Å². The van der Waals surface area contributed by atoms with Gasteiger partial charge in [0.05, 0.1) is 6.10 Å². The molecule has 3 nitrogen and oxygen atoms in total. The highest BCUT2D eigenvalue weighted by Gasteiger charge is 2.50. The van der Waals surface area contributed by atoms with Crippen LogP contribution in [0.2, 0.25) is 36.3 Å². The van der Waals surface area contributed by atoms with Crippen molar-refractivity contribution in [1.29, 1.82) is 0 Å². The Hall–Kier alpha value is -0.386. The summed E-state index contributed by atoms with van der Waals surface area (Å²) in [5.41, 5.74) is 1.61. The predicted octanol–water partition coefficient (Wildman–Crippen LogP) is 8.71. The molecule has 2 unspecified atom stereocenters. The highest BCUT2D eigenvalue weighted by Crippen LogP contribution is 2.53. The van der Waals surface area contributed by atoms with Gasteiger partial charge < -0.3 is 14.0 Å². The molecule has 0 amide bonds. The highest BCUT2D eigenvalue weighted by atomic mass is 28.4. The van der Waals surface area contributed by atoms with Gasteiger partial charge in [-0.25, -0.2) is 0 Å². The Morgan fingerprint density at radius 3 is 2.14 bits per heavy atom. The van der Waals surface area contributed by atoms with Crippen molar-refractivity contribution in [1.82, 2.24) is 0 Å². The zero-order chi connectivity index (χ0) is 27.6.